The normalized spacial score (nSPS) is 29.2. The van der Waals surface area contributed by atoms with Gasteiger partial charge in [-0.25, -0.2) is 4.79 Å². The van der Waals surface area contributed by atoms with Gasteiger partial charge < -0.3 is 9.47 Å². The van der Waals surface area contributed by atoms with Crippen LogP contribution in [0.5, 0.6) is 0 Å². The van der Waals surface area contributed by atoms with Crippen molar-refractivity contribution in [2.75, 3.05) is 13.7 Å². The number of methoxy groups -OCH3 is 1. The number of esters is 1. The zero-order valence-corrected chi connectivity index (χ0v) is 7.55. The fourth-order valence-electron chi connectivity index (χ4n) is 1.41. The van der Waals surface area contributed by atoms with Crippen LogP contribution in [0, 0.1) is 0 Å². The molecule has 3 nitrogen and oxygen atoms in total. The maximum atomic E-state index is 11.0. The van der Waals surface area contributed by atoms with E-state index >= 15 is 0 Å². The number of ether oxygens (including phenoxy) is 2. The average molecular weight is 170 g/mol. The molecular weight excluding hydrogens is 156 g/mol. The van der Waals surface area contributed by atoms with Crippen molar-refractivity contribution >= 4 is 5.97 Å². The predicted octanol–water partition coefficient (Wildman–Crippen LogP) is 1.28. The third kappa shape index (κ3) is 1.50. The molecule has 0 aromatic carbocycles. The summed E-state index contributed by atoms with van der Waals surface area (Å²) in [6.45, 7) is 6.06. The van der Waals surface area contributed by atoms with Crippen LogP contribution in [0.1, 0.15) is 19.8 Å². The van der Waals surface area contributed by atoms with E-state index in [-0.39, 0.29) is 5.97 Å². The summed E-state index contributed by atoms with van der Waals surface area (Å²) >= 11 is 0. The van der Waals surface area contributed by atoms with Crippen LogP contribution in [0.2, 0.25) is 0 Å². The molecule has 0 aromatic heterocycles. The fourth-order valence-corrected chi connectivity index (χ4v) is 1.41. The largest absolute Gasteiger partial charge is 0.453 e. The molecule has 0 bridgehead atoms. The van der Waals surface area contributed by atoms with Crippen LogP contribution in [0.3, 0.4) is 0 Å². The molecule has 0 aromatic rings. The van der Waals surface area contributed by atoms with Gasteiger partial charge in [-0.05, 0) is 6.42 Å². The summed E-state index contributed by atoms with van der Waals surface area (Å²) in [5.41, 5.74) is 0.108. The summed E-state index contributed by atoms with van der Waals surface area (Å²) in [6.07, 6.45) is 1.36. The first-order chi connectivity index (χ1) is 5.63. The highest BCUT2D eigenvalue weighted by Gasteiger charge is 2.41. The van der Waals surface area contributed by atoms with Gasteiger partial charge in [-0.2, -0.15) is 0 Å². The van der Waals surface area contributed by atoms with Gasteiger partial charge in [-0.3, -0.25) is 0 Å². The van der Waals surface area contributed by atoms with E-state index in [2.05, 4.69) is 6.58 Å². The Labute approximate surface area is 72.4 Å². The molecule has 1 rings (SSSR count). The summed E-state index contributed by atoms with van der Waals surface area (Å²) < 4.78 is 10.2. The first kappa shape index (κ1) is 9.26. The van der Waals surface area contributed by atoms with E-state index in [0.717, 1.165) is 6.42 Å². The zero-order chi connectivity index (χ0) is 9.19. The monoisotopic (exact) mass is 170 g/mol. The van der Waals surface area contributed by atoms with Gasteiger partial charge >= 0.3 is 5.97 Å². The number of carbonyl (C=O) groups excluding carboxylic acids is 1. The SMILES string of the molecule is C=C1CC(CC)(COC)OC1=O. The number of hydrogen-bond acceptors (Lipinski definition) is 3. The lowest BCUT2D eigenvalue weighted by atomic mass is 9.96. The molecule has 1 aliphatic rings. The minimum absolute atomic E-state index is 0.283. The number of rotatable bonds is 3. The Morgan fingerprint density at radius 3 is 2.75 bits per heavy atom. The number of carbonyl (C=O) groups is 1. The van der Waals surface area contributed by atoms with E-state index in [1.807, 2.05) is 6.92 Å². The van der Waals surface area contributed by atoms with Crippen molar-refractivity contribution in [1.29, 1.82) is 0 Å². The molecule has 1 atom stereocenters. The van der Waals surface area contributed by atoms with E-state index in [1.165, 1.54) is 0 Å². The number of hydrogen-bond donors (Lipinski definition) is 0. The third-order valence-electron chi connectivity index (χ3n) is 2.19. The average Bonchev–Trinajstić information content (AvgIpc) is 2.30. The van der Waals surface area contributed by atoms with Crippen molar-refractivity contribution in [1.82, 2.24) is 0 Å². The molecule has 68 valence electrons. The highest BCUT2D eigenvalue weighted by Crippen LogP contribution is 2.32. The number of cyclic esters (lactones) is 1. The Balaban J connectivity index is 2.71. The molecule has 0 saturated carbocycles. The van der Waals surface area contributed by atoms with Gasteiger partial charge in [0, 0.05) is 19.1 Å². The second-order valence-electron chi connectivity index (χ2n) is 3.14. The Morgan fingerprint density at radius 2 is 2.42 bits per heavy atom. The van der Waals surface area contributed by atoms with Crippen LogP contribution in [0.25, 0.3) is 0 Å². The van der Waals surface area contributed by atoms with Crippen LogP contribution in [0.15, 0.2) is 12.2 Å². The van der Waals surface area contributed by atoms with E-state index < -0.39 is 5.60 Å². The molecule has 1 fully saturated rings. The molecule has 3 heteroatoms. The lowest BCUT2D eigenvalue weighted by Gasteiger charge is -2.24. The molecule has 0 amide bonds. The minimum Gasteiger partial charge on any atom is -0.453 e. The molecule has 12 heavy (non-hydrogen) atoms. The Morgan fingerprint density at radius 1 is 1.75 bits per heavy atom. The summed E-state index contributed by atoms with van der Waals surface area (Å²) in [7, 11) is 1.60. The highest BCUT2D eigenvalue weighted by atomic mass is 16.6. The fraction of sp³-hybridized carbons (Fsp3) is 0.667. The summed E-state index contributed by atoms with van der Waals surface area (Å²) in [6, 6.07) is 0. The summed E-state index contributed by atoms with van der Waals surface area (Å²) in [5.74, 6) is -0.283. The molecular formula is C9H14O3. The maximum absolute atomic E-state index is 11.0. The van der Waals surface area contributed by atoms with E-state index in [1.54, 1.807) is 7.11 Å². The van der Waals surface area contributed by atoms with Gasteiger partial charge in [-0.1, -0.05) is 13.5 Å². The van der Waals surface area contributed by atoms with E-state index in [9.17, 15) is 4.79 Å². The van der Waals surface area contributed by atoms with Crippen LogP contribution in [0.4, 0.5) is 0 Å². The molecule has 1 saturated heterocycles. The highest BCUT2D eigenvalue weighted by molar-refractivity contribution is 5.90. The first-order valence-corrected chi connectivity index (χ1v) is 4.03. The standard InChI is InChI=1S/C9H14O3/c1-4-9(6-11-3)5-7(2)8(10)12-9/h2,4-6H2,1,3H3. The van der Waals surface area contributed by atoms with Crippen molar-refractivity contribution < 1.29 is 14.3 Å². The van der Waals surface area contributed by atoms with Crippen molar-refractivity contribution in [3.8, 4) is 0 Å². The molecule has 0 spiro atoms. The van der Waals surface area contributed by atoms with Crippen LogP contribution in [-0.4, -0.2) is 25.3 Å². The van der Waals surface area contributed by atoms with Crippen LogP contribution >= 0.6 is 0 Å². The van der Waals surface area contributed by atoms with Crippen molar-refractivity contribution in [2.24, 2.45) is 0 Å². The second kappa shape index (κ2) is 3.27. The Bertz CT molecular complexity index is 192. The van der Waals surface area contributed by atoms with Gasteiger partial charge in [-0.15, -0.1) is 0 Å². The minimum atomic E-state index is -0.442. The van der Waals surface area contributed by atoms with Crippen molar-refractivity contribution in [3.63, 3.8) is 0 Å². The van der Waals surface area contributed by atoms with Crippen molar-refractivity contribution in [3.05, 3.63) is 12.2 Å². The quantitative estimate of drug-likeness (QED) is 0.473. The molecule has 0 N–H and O–H groups in total. The van der Waals surface area contributed by atoms with Crippen molar-refractivity contribution in [2.45, 2.75) is 25.4 Å². The van der Waals surface area contributed by atoms with Gasteiger partial charge in [0.1, 0.15) is 5.60 Å². The predicted molar refractivity (Wildman–Crippen MR) is 44.7 cm³/mol. The molecule has 0 radical (unpaired) electrons. The first-order valence-electron chi connectivity index (χ1n) is 4.03. The summed E-state index contributed by atoms with van der Waals surface area (Å²) in [5, 5.41) is 0. The molecule has 0 aliphatic carbocycles. The van der Waals surface area contributed by atoms with Gasteiger partial charge in [0.25, 0.3) is 0 Å². The van der Waals surface area contributed by atoms with E-state index in [4.69, 9.17) is 9.47 Å². The van der Waals surface area contributed by atoms with Gasteiger partial charge in [0.15, 0.2) is 0 Å². The Hall–Kier alpha value is -0.830. The van der Waals surface area contributed by atoms with Crippen LogP contribution in [-0.2, 0) is 14.3 Å². The van der Waals surface area contributed by atoms with Gasteiger partial charge in [0.2, 0.25) is 0 Å². The summed E-state index contributed by atoms with van der Waals surface area (Å²) in [4.78, 5) is 11.0. The lowest BCUT2D eigenvalue weighted by Crippen LogP contribution is -2.32. The lowest BCUT2D eigenvalue weighted by molar-refractivity contribution is -0.151. The molecule has 1 unspecified atom stereocenters. The molecule has 1 aliphatic heterocycles. The van der Waals surface area contributed by atoms with E-state index in [0.29, 0.717) is 18.6 Å². The smallest absolute Gasteiger partial charge is 0.334 e. The van der Waals surface area contributed by atoms with Crippen LogP contribution < -0.4 is 0 Å². The second-order valence-corrected chi connectivity index (χ2v) is 3.14. The van der Waals surface area contributed by atoms with Gasteiger partial charge in [0.05, 0.1) is 6.61 Å². The Kier molecular flexibility index (Phi) is 2.52. The topological polar surface area (TPSA) is 35.5 Å². The molecule has 1 heterocycles. The zero-order valence-electron chi connectivity index (χ0n) is 7.55. The maximum Gasteiger partial charge on any atom is 0.334 e. The third-order valence-corrected chi connectivity index (χ3v) is 2.19.